The van der Waals surface area contributed by atoms with Crippen LogP contribution in [0.15, 0.2) is 48.5 Å². The smallest absolute Gasteiger partial charge is 0.109 e. The summed E-state index contributed by atoms with van der Waals surface area (Å²) in [4.78, 5) is 0. The largest absolute Gasteiger partial charge is 0.315 e. The van der Waals surface area contributed by atoms with Crippen LogP contribution in [0.3, 0.4) is 0 Å². The minimum absolute atomic E-state index is 0.393. The highest BCUT2D eigenvalue weighted by atomic mass is 127. The van der Waals surface area contributed by atoms with Crippen LogP contribution in [0.1, 0.15) is 17.0 Å². The fourth-order valence-electron chi connectivity index (χ4n) is 2.50. The van der Waals surface area contributed by atoms with Crippen molar-refractivity contribution in [1.29, 1.82) is 0 Å². The van der Waals surface area contributed by atoms with Crippen molar-refractivity contribution in [2.75, 3.05) is 6.61 Å². The van der Waals surface area contributed by atoms with Crippen LogP contribution in [-0.2, 0) is 3.07 Å². The van der Waals surface area contributed by atoms with Gasteiger partial charge in [-0.2, -0.15) is 0 Å². The van der Waals surface area contributed by atoms with Crippen molar-refractivity contribution in [1.82, 2.24) is 0 Å². The van der Waals surface area contributed by atoms with Gasteiger partial charge in [-0.3, -0.25) is 0 Å². The molecule has 0 saturated carbocycles. The number of benzene rings is 2. The van der Waals surface area contributed by atoms with Gasteiger partial charge in [0.2, 0.25) is 0 Å². The second kappa shape index (κ2) is 4.18. The van der Waals surface area contributed by atoms with Gasteiger partial charge in [0, 0.05) is 5.92 Å². The fraction of sp³-hybridized carbons (Fsp3) is 0.143. The van der Waals surface area contributed by atoms with E-state index in [2.05, 4.69) is 48.5 Å². The predicted octanol–water partition coefficient (Wildman–Crippen LogP) is 4.17. The molecular weight excluding hydrogens is 311 g/mol. The van der Waals surface area contributed by atoms with Crippen LogP contribution in [0.5, 0.6) is 0 Å². The summed E-state index contributed by atoms with van der Waals surface area (Å²) in [5.74, 6) is 0.393. The Kier molecular flexibility index (Phi) is 2.69. The normalized spacial score (nSPS) is 13.6. The molecule has 0 radical (unpaired) electrons. The lowest BCUT2D eigenvalue weighted by Crippen LogP contribution is -2.02. The van der Waals surface area contributed by atoms with Crippen LogP contribution in [0.4, 0.5) is 0 Å². The highest BCUT2D eigenvalue weighted by molar-refractivity contribution is 14.1. The van der Waals surface area contributed by atoms with Crippen molar-refractivity contribution in [3.05, 3.63) is 59.7 Å². The summed E-state index contributed by atoms with van der Waals surface area (Å²) in [7, 11) is 0. The van der Waals surface area contributed by atoms with Gasteiger partial charge in [-0.05, 0) is 22.3 Å². The van der Waals surface area contributed by atoms with Crippen LogP contribution in [0, 0.1) is 0 Å². The molecule has 0 saturated heterocycles. The maximum absolute atomic E-state index is 5.31. The summed E-state index contributed by atoms with van der Waals surface area (Å²) in [5.41, 5.74) is 5.49. The van der Waals surface area contributed by atoms with E-state index in [4.69, 9.17) is 3.07 Å². The average molecular weight is 322 g/mol. The minimum atomic E-state index is 0.393. The molecule has 2 heteroatoms. The van der Waals surface area contributed by atoms with E-state index in [1.807, 2.05) is 23.0 Å². The third kappa shape index (κ3) is 1.48. The summed E-state index contributed by atoms with van der Waals surface area (Å²) in [6, 6.07) is 17.2. The SMILES string of the molecule is IOCC1c2ccccc2-c2ccccc21. The highest BCUT2D eigenvalue weighted by Crippen LogP contribution is 2.44. The van der Waals surface area contributed by atoms with Crippen molar-refractivity contribution in [3.63, 3.8) is 0 Å². The molecule has 3 rings (SSSR count). The van der Waals surface area contributed by atoms with Gasteiger partial charge in [-0.1, -0.05) is 48.5 Å². The lowest BCUT2D eigenvalue weighted by Gasteiger charge is -2.10. The standard InChI is InChI=1S/C14H11IO/c15-16-9-14-12-7-3-1-5-10(12)11-6-2-4-8-13(11)14/h1-8,14H,9H2. The van der Waals surface area contributed by atoms with Gasteiger partial charge in [-0.25, -0.2) is 0 Å². The molecule has 0 fully saturated rings. The molecule has 2 aromatic rings. The predicted molar refractivity (Wildman–Crippen MR) is 73.7 cm³/mol. The van der Waals surface area contributed by atoms with Crippen LogP contribution >= 0.6 is 23.0 Å². The zero-order valence-corrected chi connectivity index (χ0v) is 10.8. The number of hydrogen-bond donors (Lipinski definition) is 0. The van der Waals surface area contributed by atoms with E-state index in [9.17, 15) is 0 Å². The van der Waals surface area contributed by atoms with E-state index < -0.39 is 0 Å². The summed E-state index contributed by atoms with van der Waals surface area (Å²) < 4.78 is 5.31. The molecule has 16 heavy (non-hydrogen) atoms. The maximum atomic E-state index is 5.31. The number of fused-ring (bicyclic) bond motifs is 3. The van der Waals surface area contributed by atoms with Gasteiger partial charge < -0.3 is 3.07 Å². The van der Waals surface area contributed by atoms with E-state index in [0.717, 1.165) is 6.61 Å². The molecule has 0 bridgehead atoms. The molecule has 0 N–H and O–H groups in total. The Morgan fingerprint density at radius 2 is 1.38 bits per heavy atom. The Morgan fingerprint density at radius 1 is 0.875 bits per heavy atom. The second-order valence-corrected chi connectivity index (χ2v) is 4.63. The fourth-order valence-corrected chi connectivity index (χ4v) is 2.86. The minimum Gasteiger partial charge on any atom is -0.315 e. The summed E-state index contributed by atoms with van der Waals surface area (Å²) >= 11 is 1.97. The van der Waals surface area contributed by atoms with Gasteiger partial charge >= 0.3 is 0 Å². The van der Waals surface area contributed by atoms with Crippen LogP contribution in [0.2, 0.25) is 0 Å². The third-order valence-corrected chi connectivity index (χ3v) is 3.55. The summed E-state index contributed by atoms with van der Waals surface area (Å²) in [6.07, 6.45) is 0. The van der Waals surface area contributed by atoms with Crippen LogP contribution < -0.4 is 0 Å². The Morgan fingerprint density at radius 3 is 1.88 bits per heavy atom. The number of rotatable bonds is 2. The maximum Gasteiger partial charge on any atom is 0.109 e. The van der Waals surface area contributed by atoms with Crippen molar-refractivity contribution in [2.24, 2.45) is 0 Å². The first-order chi connectivity index (χ1) is 7.92. The summed E-state index contributed by atoms with van der Waals surface area (Å²) in [5, 5.41) is 0. The number of hydrogen-bond acceptors (Lipinski definition) is 1. The Balaban J connectivity index is 2.21. The quantitative estimate of drug-likeness (QED) is 0.754. The molecule has 0 atom stereocenters. The highest BCUT2D eigenvalue weighted by Gasteiger charge is 2.27. The van der Waals surface area contributed by atoms with Crippen LogP contribution in [0.25, 0.3) is 11.1 Å². The van der Waals surface area contributed by atoms with Crippen molar-refractivity contribution in [2.45, 2.75) is 5.92 Å². The van der Waals surface area contributed by atoms with Gasteiger partial charge in [0.15, 0.2) is 0 Å². The molecule has 0 aromatic heterocycles. The molecule has 0 spiro atoms. The Labute approximate surface area is 109 Å². The summed E-state index contributed by atoms with van der Waals surface area (Å²) in [6.45, 7) is 0.745. The number of halogens is 1. The molecule has 1 nitrogen and oxygen atoms in total. The van der Waals surface area contributed by atoms with E-state index in [1.54, 1.807) is 0 Å². The first kappa shape index (κ1) is 10.3. The lowest BCUT2D eigenvalue weighted by molar-refractivity contribution is 0.406. The molecule has 0 unspecified atom stereocenters. The van der Waals surface area contributed by atoms with E-state index in [1.165, 1.54) is 22.3 Å². The first-order valence-electron chi connectivity index (χ1n) is 5.33. The third-order valence-electron chi connectivity index (χ3n) is 3.19. The zero-order chi connectivity index (χ0) is 11.0. The Bertz CT molecular complexity index is 476. The molecule has 2 aromatic carbocycles. The van der Waals surface area contributed by atoms with Crippen LogP contribution in [-0.4, -0.2) is 6.61 Å². The molecule has 0 aliphatic heterocycles. The van der Waals surface area contributed by atoms with Crippen molar-refractivity contribution < 1.29 is 3.07 Å². The van der Waals surface area contributed by atoms with Crippen molar-refractivity contribution in [3.8, 4) is 11.1 Å². The van der Waals surface area contributed by atoms with E-state index >= 15 is 0 Å². The van der Waals surface area contributed by atoms with E-state index in [-0.39, 0.29) is 0 Å². The van der Waals surface area contributed by atoms with Gasteiger partial charge in [0.1, 0.15) is 23.0 Å². The van der Waals surface area contributed by atoms with Gasteiger partial charge in [0.05, 0.1) is 6.61 Å². The topological polar surface area (TPSA) is 9.23 Å². The molecule has 0 amide bonds. The van der Waals surface area contributed by atoms with Gasteiger partial charge in [-0.15, -0.1) is 0 Å². The second-order valence-electron chi connectivity index (χ2n) is 4.00. The molecule has 1 aliphatic carbocycles. The lowest BCUT2D eigenvalue weighted by atomic mass is 9.98. The first-order valence-corrected chi connectivity index (χ1v) is 6.21. The average Bonchev–Trinajstić information content (AvgIpc) is 2.66. The zero-order valence-electron chi connectivity index (χ0n) is 8.69. The monoisotopic (exact) mass is 322 g/mol. The molecule has 0 heterocycles. The molecule has 1 aliphatic rings. The Hall–Kier alpha value is -0.870. The van der Waals surface area contributed by atoms with E-state index in [0.29, 0.717) is 5.92 Å². The van der Waals surface area contributed by atoms with Gasteiger partial charge in [0.25, 0.3) is 0 Å². The molecular formula is C14H11IO. The molecule has 80 valence electrons. The van der Waals surface area contributed by atoms with Crippen molar-refractivity contribution >= 4 is 23.0 Å².